The summed E-state index contributed by atoms with van der Waals surface area (Å²) >= 11 is 0. The predicted molar refractivity (Wildman–Crippen MR) is 64.3 cm³/mol. The molecule has 2 N–H and O–H groups in total. The summed E-state index contributed by atoms with van der Waals surface area (Å²) in [4.78, 5) is 0. The molecule has 1 aliphatic rings. The molecule has 3 heteroatoms. The van der Waals surface area contributed by atoms with Crippen LogP contribution in [0.1, 0.15) is 46.0 Å². The molecule has 96 valence electrons. The van der Waals surface area contributed by atoms with E-state index in [1.165, 1.54) is 12.8 Å². The van der Waals surface area contributed by atoms with Gasteiger partial charge in [-0.05, 0) is 31.6 Å². The largest absolute Gasteiger partial charge is 0.396 e. The molecule has 1 unspecified atom stereocenters. The molecule has 1 saturated heterocycles. The SMILES string of the molecule is CC(C)C(CO)(CO)CCCC1CCCO1. The van der Waals surface area contributed by atoms with Crippen molar-refractivity contribution in [3.8, 4) is 0 Å². The first kappa shape index (κ1) is 13.9. The van der Waals surface area contributed by atoms with Crippen molar-refractivity contribution in [3.63, 3.8) is 0 Å². The Morgan fingerprint density at radius 1 is 1.31 bits per heavy atom. The van der Waals surface area contributed by atoms with Crippen molar-refractivity contribution in [2.45, 2.75) is 52.1 Å². The smallest absolute Gasteiger partial charge is 0.0576 e. The lowest BCUT2D eigenvalue weighted by Crippen LogP contribution is -2.35. The molecule has 0 saturated carbocycles. The molecule has 0 aromatic carbocycles. The van der Waals surface area contributed by atoms with Crippen LogP contribution in [-0.2, 0) is 4.74 Å². The van der Waals surface area contributed by atoms with Crippen molar-refractivity contribution in [3.05, 3.63) is 0 Å². The maximum absolute atomic E-state index is 9.45. The summed E-state index contributed by atoms with van der Waals surface area (Å²) < 4.78 is 5.57. The van der Waals surface area contributed by atoms with Crippen LogP contribution in [0, 0.1) is 11.3 Å². The summed E-state index contributed by atoms with van der Waals surface area (Å²) in [6.07, 6.45) is 5.75. The van der Waals surface area contributed by atoms with E-state index >= 15 is 0 Å². The Kier molecular flexibility index (Phi) is 5.73. The van der Waals surface area contributed by atoms with Gasteiger partial charge in [-0.1, -0.05) is 20.3 Å². The summed E-state index contributed by atoms with van der Waals surface area (Å²) in [5.41, 5.74) is -0.307. The molecule has 0 aromatic heterocycles. The molecule has 0 aliphatic carbocycles. The van der Waals surface area contributed by atoms with Gasteiger partial charge >= 0.3 is 0 Å². The molecule has 0 amide bonds. The summed E-state index contributed by atoms with van der Waals surface area (Å²) in [5, 5.41) is 18.9. The van der Waals surface area contributed by atoms with Gasteiger partial charge in [0.05, 0.1) is 19.3 Å². The lowest BCUT2D eigenvalue weighted by atomic mass is 9.74. The normalized spacial score (nSPS) is 21.9. The zero-order valence-electron chi connectivity index (χ0n) is 10.6. The molecule has 1 fully saturated rings. The van der Waals surface area contributed by atoms with Gasteiger partial charge in [-0.25, -0.2) is 0 Å². The summed E-state index contributed by atoms with van der Waals surface area (Å²) in [6.45, 7) is 5.19. The van der Waals surface area contributed by atoms with Crippen LogP contribution in [0.15, 0.2) is 0 Å². The van der Waals surface area contributed by atoms with E-state index in [1.807, 2.05) is 0 Å². The van der Waals surface area contributed by atoms with Gasteiger partial charge in [0.2, 0.25) is 0 Å². The van der Waals surface area contributed by atoms with E-state index in [4.69, 9.17) is 4.74 Å². The summed E-state index contributed by atoms with van der Waals surface area (Å²) in [6, 6.07) is 0. The van der Waals surface area contributed by atoms with Gasteiger partial charge in [0.25, 0.3) is 0 Å². The van der Waals surface area contributed by atoms with E-state index in [0.29, 0.717) is 12.0 Å². The van der Waals surface area contributed by atoms with Gasteiger partial charge in [-0.2, -0.15) is 0 Å². The minimum Gasteiger partial charge on any atom is -0.396 e. The van der Waals surface area contributed by atoms with E-state index in [1.54, 1.807) is 0 Å². The number of ether oxygens (including phenoxy) is 1. The number of hydrogen-bond donors (Lipinski definition) is 2. The van der Waals surface area contributed by atoms with Crippen LogP contribution in [0.4, 0.5) is 0 Å². The van der Waals surface area contributed by atoms with Gasteiger partial charge in [0.1, 0.15) is 0 Å². The van der Waals surface area contributed by atoms with Gasteiger partial charge in [-0.3, -0.25) is 0 Å². The van der Waals surface area contributed by atoms with Crippen LogP contribution in [0.5, 0.6) is 0 Å². The molecule has 0 spiro atoms. The maximum Gasteiger partial charge on any atom is 0.0576 e. The van der Waals surface area contributed by atoms with Crippen molar-refractivity contribution < 1.29 is 14.9 Å². The van der Waals surface area contributed by atoms with Gasteiger partial charge in [-0.15, -0.1) is 0 Å². The highest BCUT2D eigenvalue weighted by Crippen LogP contribution is 2.33. The van der Waals surface area contributed by atoms with Crippen molar-refractivity contribution in [1.82, 2.24) is 0 Å². The minimum atomic E-state index is -0.307. The fourth-order valence-corrected chi connectivity index (χ4v) is 2.42. The highest BCUT2D eigenvalue weighted by Gasteiger charge is 2.32. The fraction of sp³-hybridized carbons (Fsp3) is 1.00. The average Bonchev–Trinajstić information content (AvgIpc) is 2.77. The number of rotatable bonds is 7. The third kappa shape index (κ3) is 3.44. The Morgan fingerprint density at radius 2 is 2.00 bits per heavy atom. The van der Waals surface area contributed by atoms with Crippen molar-refractivity contribution in [2.24, 2.45) is 11.3 Å². The summed E-state index contributed by atoms with van der Waals surface area (Å²) in [7, 11) is 0. The Labute approximate surface area is 98.8 Å². The van der Waals surface area contributed by atoms with E-state index in [0.717, 1.165) is 25.9 Å². The van der Waals surface area contributed by atoms with E-state index in [9.17, 15) is 10.2 Å². The Bertz CT molecular complexity index is 182. The van der Waals surface area contributed by atoms with E-state index in [-0.39, 0.29) is 18.6 Å². The Morgan fingerprint density at radius 3 is 2.44 bits per heavy atom. The maximum atomic E-state index is 9.45. The second kappa shape index (κ2) is 6.58. The second-order valence-electron chi connectivity index (χ2n) is 5.36. The van der Waals surface area contributed by atoms with Crippen LogP contribution in [-0.4, -0.2) is 36.1 Å². The molecule has 0 aromatic rings. The quantitative estimate of drug-likeness (QED) is 0.703. The second-order valence-corrected chi connectivity index (χ2v) is 5.36. The third-order valence-corrected chi connectivity index (χ3v) is 4.08. The highest BCUT2D eigenvalue weighted by atomic mass is 16.5. The molecule has 3 nitrogen and oxygen atoms in total. The zero-order chi connectivity index (χ0) is 12.0. The lowest BCUT2D eigenvalue weighted by Gasteiger charge is -2.34. The van der Waals surface area contributed by atoms with Gasteiger partial charge in [0, 0.05) is 12.0 Å². The fourth-order valence-electron chi connectivity index (χ4n) is 2.42. The Balaban J connectivity index is 2.31. The molecule has 1 rings (SSSR count). The van der Waals surface area contributed by atoms with Crippen LogP contribution in [0.2, 0.25) is 0 Å². The predicted octanol–water partition coefficient (Wildman–Crippen LogP) is 1.96. The van der Waals surface area contributed by atoms with Gasteiger partial charge in [0.15, 0.2) is 0 Å². The molecule has 0 bridgehead atoms. The molecular weight excluding hydrogens is 204 g/mol. The molecular formula is C13H26O3. The third-order valence-electron chi connectivity index (χ3n) is 4.08. The first-order valence-electron chi connectivity index (χ1n) is 6.48. The highest BCUT2D eigenvalue weighted by molar-refractivity contribution is 4.81. The van der Waals surface area contributed by atoms with Crippen LogP contribution in [0.25, 0.3) is 0 Å². The lowest BCUT2D eigenvalue weighted by molar-refractivity contribution is 0.00319. The van der Waals surface area contributed by atoms with Crippen LogP contribution >= 0.6 is 0 Å². The topological polar surface area (TPSA) is 49.7 Å². The van der Waals surface area contributed by atoms with Crippen LogP contribution < -0.4 is 0 Å². The van der Waals surface area contributed by atoms with Crippen LogP contribution in [0.3, 0.4) is 0 Å². The Hall–Kier alpha value is -0.120. The zero-order valence-corrected chi connectivity index (χ0v) is 10.6. The minimum absolute atomic E-state index is 0.0761. The van der Waals surface area contributed by atoms with E-state index < -0.39 is 0 Å². The van der Waals surface area contributed by atoms with Crippen molar-refractivity contribution in [2.75, 3.05) is 19.8 Å². The molecule has 16 heavy (non-hydrogen) atoms. The number of aliphatic hydroxyl groups is 2. The van der Waals surface area contributed by atoms with Gasteiger partial charge < -0.3 is 14.9 Å². The first-order chi connectivity index (χ1) is 7.64. The van der Waals surface area contributed by atoms with Crippen molar-refractivity contribution in [1.29, 1.82) is 0 Å². The van der Waals surface area contributed by atoms with Crippen molar-refractivity contribution >= 4 is 0 Å². The molecule has 1 aliphatic heterocycles. The monoisotopic (exact) mass is 230 g/mol. The first-order valence-corrected chi connectivity index (χ1v) is 6.48. The molecule has 0 radical (unpaired) electrons. The standard InChI is InChI=1S/C13H26O3/c1-11(2)13(9-14,10-15)7-3-5-12-6-4-8-16-12/h11-12,14-15H,3-10H2,1-2H3. The number of aliphatic hydroxyl groups excluding tert-OH is 2. The van der Waals surface area contributed by atoms with E-state index in [2.05, 4.69) is 13.8 Å². The number of hydrogen-bond acceptors (Lipinski definition) is 3. The summed E-state index contributed by atoms with van der Waals surface area (Å²) in [5.74, 6) is 0.312. The molecule has 1 atom stereocenters. The molecule has 1 heterocycles. The average molecular weight is 230 g/mol.